The van der Waals surface area contributed by atoms with Crippen LogP contribution in [0.4, 0.5) is 0 Å². The highest BCUT2D eigenvalue weighted by Crippen LogP contribution is 2.11. The van der Waals surface area contributed by atoms with Crippen LogP contribution in [0.15, 0.2) is 33.8 Å². The molecule has 0 spiro atoms. The zero-order valence-electron chi connectivity index (χ0n) is 11.4. The number of amides is 1. The Morgan fingerprint density at radius 2 is 2.00 bits per heavy atom. The van der Waals surface area contributed by atoms with Gasteiger partial charge in [-0.1, -0.05) is 28.1 Å². The van der Waals surface area contributed by atoms with E-state index in [1.807, 2.05) is 31.2 Å². The van der Waals surface area contributed by atoms with Crippen molar-refractivity contribution >= 4 is 27.5 Å². The Kier molecular flexibility index (Phi) is 5.70. The molecule has 1 aromatic rings. The van der Waals surface area contributed by atoms with Gasteiger partial charge in [-0.25, -0.2) is 5.43 Å². The van der Waals surface area contributed by atoms with Gasteiger partial charge in [-0.2, -0.15) is 5.10 Å². The van der Waals surface area contributed by atoms with Crippen molar-refractivity contribution in [2.24, 2.45) is 5.10 Å². The summed E-state index contributed by atoms with van der Waals surface area (Å²) in [5.74, 6) is -0.0941. The number of morpholine rings is 1. The van der Waals surface area contributed by atoms with Crippen molar-refractivity contribution in [3.05, 3.63) is 34.3 Å². The van der Waals surface area contributed by atoms with Crippen LogP contribution in [0.5, 0.6) is 0 Å². The van der Waals surface area contributed by atoms with Gasteiger partial charge >= 0.3 is 0 Å². The molecular weight excluding hydrogens is 322 g/mol. The number of hydrogen-bond acceptors (Lipinski definition) is 4. The number of ether oxygens (including phenoxy) is 1. The van der Waals surface area contributed by atoms with Crippen molar-refractivity contribution in [1.29, 1.82) is 0 Å². The second-order valence-corrected chi connectivity index (χ2v) is 5.54. The molecular formula is C14H18BrN3O2. The van der Waals surface area contributed by atoms with Crippen LogP contribution in [-0.4, -0.2) is 49.4 Å². The SMILES string of the molecule is C/C(=N\NC(=O)CN1CCOCC1)c1ccc(Br)cc1. The molecule has 0 radical (unpaired) electrons. The quantitative estimate of drug-likeness (QED) is 0.670. The molecule has 1 amide bonds. The smallest absolute Gasteiger partial charge is 0.254 e. The number of hydrazone groups is 1. The largest absolute Gasteiger partial charge is 0.379 e. The van der Waals surface area contributed by atoms with E-state index in [4.69, 9.17) is 4.74 Å². The number of benzene rings is 1. The molecule has 0 saturated carbocycles. The highest BCUT2D eigenvalue weighted by Gasteiger charge is 2.13. The van der Waals surface area contributed by atoms with E-state index in [0.29, 0.717) is 19.8 Å². The van der Waals surface area contributed by atoms with E-state index < -0.39 is 0 Å². The number of carbonyl (C=O) groups excluding carboxylic acids is 1. The van der Waals surface area contributed by atoms with Crippen LogP contribution in [0.2, 0.25) is 0 Å². The molecule has 1 aromatic carbocycles. The molecule has 1 aliphatic rings. The maximum absolute atomic E-state index is 11.8. The molecule has 1 aliphatic heterocycles. The van der Waals surface area contributed by atoms with Gasteiger partial charge in [0.05, 0.1) is 25.5 Å². The van der Waals surface area contributed by atoms with E-state index in [-0.39, 0.29) is 5.91 Å². The lowest BCUT2D eigenvalue weighted by Gasteiger charge is -2.25. The fraction of sp³-hybridized carbons (Fsp3) is 0.429. The molecule has 2 rings (SSSR count). The average Bonchev–Trinajstić information content (AvgIpc) is 2.46. The summed E-state index contributed by atoms with van der Waals surface area (Å²) in [4.78, 5) is 13.9. The summed E-state index contributed by atoms with van der Waals surface area (Å²) in [7, 11) is 0. The monoisotopic (exact) mass is 339 g/mol. The standard InChI is InChI=1S/C14H18BrN3O2/c1-11(12-2-4-13(15)5-3-12)16-17-14(19)10-18-6-8-20-9-7-18/h2-5H,6-10H2,1H3,(H,17,19)/b16-11+. The zero-order valence-corrected chi connectivity index (χ0v) is 13.0. The van der Waals surface area contributed by atoms with Crippen LogP contribution in [-0.2, 0) is 9.53 Å². The average molecular weight is 340 g/mol. The Bertz CT molecular complexity index is 482. The van der Waals surface area contributed by atoms with Crippen LogP contribution in [0, 0.1) is 0 Å². The number of hydrogen-bond donors (Lipinski definition) is 1. The second kappa shape index (κ2) is 7.52. The van der Waals surface area contributed by atoms with Crippen LogP contribution < -0.4 is 5.43 Å². The fourth-order valence-corrected chi connectivity index (χ4v) is 2.16. The Hall–Kier alpha value is -1.24. The molecule has 0 aliphatic carbocycles. The van der Waals surface area contributed by atoms with Gasteiger partial charge in [0, 0.05) is 17.6 Å². The first-order valence-electron chi connectivity index (χ1n) is 6.54. The summed E-state index contributed by atoms with van der Waals surface area (Å²) in [6, 6.07) is 7.81. The first kappa shape index (κ1) is 15.2. The Balaban J connectivity index is 1.84. The predicted molar refractivity (Wildman–Crippen MR) is 81.8 cm³/mol. The summed E-state index contributed by atoms with van der Waals surface area (Å²) < 4.78 is 6.26. The second-order valence-electron chi connectivity index (χ2n) is 4.63. The van der Waals surface area contributed by atoms with E-state index in [0.717, 1.165) is 28.8 Å². The highest BCUT2D eigenvalue weighted by atomic mass is 79.9. The number of nitrogens with zero attached hydrogens (tertiary/aromatic N) is 2. The molecule has 108 valence electrons. The molecule has 0 bridgehead atoms. The minimum absolute atomic E-state index is 0.0941. The number of rotatable bonds is 4. The van der Waals surface area contributed by atoms with Gasteiger partial charge in [-0.05, 0) is 24.6 Å². The number of nitrogens with one attached hydrogen (secondary N) is 1. The summed E-state index contributed by atoms with van der Waals surface area (Å²) in [6.45, 7) is 5.20. The Morgan fingerprint density at radius 1 is 1.35 bits per heavy atom. The third kappa shape index (κ3) is 4.70. The molecule has 0 aromatic heterocycles. The van der Waals surface area contributed by atoms with Crippen molar-refractivity contribution in [2.75, 3.05) is 32.8 Å². The fourth-order valence-electron chi connectivity index (χ4n) is 1.90. The van der Waals surface area contributed by atoms with Crippen molar-refractivity contribution < 1.29 is 9.53 Å². The minimum atomic E-state index is -0.0941. The Morgan fingerprint density at radius 3 is 2.65 bits per heavy atom. The van der Waals surface area contributed by atoms with Gasteiger partial charge in [0.25, 0.3) is 5.91 Å². The third-order valence-electron chi connectivity index (χ3n) is 3.08. The van der Waals surface area contributed by atoms with Crippen LogP contribution in [0.3, 0.4) is 0 Å². The topological polar surface area (TPSA) is 53.9 Å². The van der Waals surface area contributed by atoms with Gasteiger partial charge in [-0.3, -0.25) is 9.69 Å². The van der Waals surface area contributed by atoms with Crippen LogP contribution in [0.25, 0.3) is 0 Å². The van der Waals surface area contributed by atoms with E-state index in [2.05, 4.69) is 31.4 Å². The summed E-state index contributed by atoms with van der Waals surface area (Å²) in [5, 5.41) is 4.13. The predicted octanol–water partition coefficient (Wildman–Crippen LogP) is 1.62. The lowest BCUT2D eigenvalue weighted by atomic mass is 10.1. The molecule has 1 fully saturated rings. The van der Waals surface area contributed by atoms with Crippen LogP contribution in [0.1, 0.15) is 12.5 Å². The van der Waals surface area contributed by atoms with Gasteiger partial charge in [0.15, 0.2) is 0 Å². The molecule has 5 nitrogen and oxygen atoms in total. The van der Waals surface area contributed by atoms with Crippen molar-refractivity contribution in [3.63, 3.8) is 0 Å². The first-order chi connectivity index (χ1) is 9.65. The zero-order chi connectivity index (χ0) is 14.4. The van der Waals surface area contributed by atoms with E-state index in [9.17, 15) is 4.79 Å². The molecule has 20 heavy (non-hydrogen) atoms. The molecule has 1 saturated heterocycles. The van der Waals surface area contributed by atoms with E-state index >= 15 is 0 Å². The third-order valence-corrected chi connectivity index (χ3v) is 3.61. The van der Waals surface area contributed by atoms with Gasteiger partial charge in [0.1, 0.15) is 0 Å². The number of halogens is 1. The summed E-state index contributed by atoms with van der Waals surface area (Å²) >= 11 is 3.39. The maximum Gasteiger partial charge on any atom is 0.254 e. The van der Waals surface area contributed by atoms with Gasteiger partial charge < -0.3 is 4.74 Å². The lowest BCUT2D eigenvalue weighted by molar-refractivity contribution is -0.123. The molecule has 1 heterocycles. The van der Waals surface area contributed by atoms with Gasteiger partial charge in [0.2, 0.25) is 0 Å². The highest BCUT2D eigenvalue weighted by molar-refractivity contribution is 9.10. The first-order valence-corrected chi connectivity index (χ1v) is 7.33. The van der Waals surface area contributed by atoms with Crippen molar-refractivity contribution in [2.45, 2.75) is 6.92 Å². The van der Waals surface area contributed by atoms with E-state index in [1.54, 1.807) is 0 Å². The minimum Gasteiger partial charge on any atom is -0.379 e. The summed E-state index contributed by atoms with van der Waals surface area (Å²) in [5.41, 5.74) is 4.37. The lowest BCUT2D eigenvalue weighted by Crippen LogP contribution is -2.42. The molecule has 6 heteroatoms. The van der Waals surface area contributed by atoms with Crippen LogP contribution >= 0.6 is 15.9 Å². The molecule has 1 N–H and O–H groups in total. The Labute approximate surface area is 127 Å². The van der Waals surface area contributed by atoms with Gasteiger partial charge in [-0.15, -0.1) is 0 Å². The molecule has 0 atom stereocenters. The summed E-state index contributed by atoms with van der Waals surface area (Å²) in [6.07, 6.45) is 0. The normalized spacial score (nSPS) is 17.0. The number of carbonyl (C=O) groups is 1. The molecule has 0 unspecified atom stereocenters. The maximum atomic E-state index is 11.8. The van der Waals surface area contributed by atoms with Crippen molar-refractivity contribution in [3.8, 4) is 0 Å². The van der Waals surface area contributed by atoms with Crippen molar-refractivity contribution in [1.82, 2.24) is 10.3 Å². The van der Waals surface area contributed by atoms with E-state index in [1.165, 1.54) is 0 Å².